The van der Waals surface area contributed by atoms with Crippen molar-refractivity contribution in [3.05, 3.63) is 23.2 Å². The first-order chi connectivity index (χ1) is 9.69. The predicted molar refractivity (Wildman–Crippen MR) is 86.5 cm³/mol. The van der Waals surface area contributed by atoms with E-state index in [0.29, 0.717) is 6.54 Å². The lowest BCUT2D eigenvalue weighted by Gasteiger charge is -2.14. The van der Waals surface area contributed by atoms with Crippen molar-refractivity contribution in [2.45, 2.75) is 45.4 Å². The van der Waals surface area contributed by atoms with Gasteiger partial charge in [-0.2, -0.15) is 11.8 Å². The van der Waals surface area contributed by atoms with Gasteiger partial charge in [0.05, 0.1) is 6.54 Å². The summed E-state index contributed by atoms with van der Waals surface area (Å²) in [4.78, 5) is 4.64. The first-order valence-corrected chi connectivity index (χ1v) is 8.43. The molecule has 0 spiro atoms. The van der Waals surface area contributed by atoms with Crippen molar-refractivity contribution >= 4 is 17.7 Å². The number of hydrogen-bond donors (Lipinski definition) is 2. The van der Waals surface area contributed by atoms with Gasteiger partial charge < -0.3 is 15.1 Å². The Morgan fingerprint density at radius 2 is 2.30 bits per heavy atom. The molecule has 0 aliphatic carbocycles. The van der Waals surface area contributed by atoms with Crippen molar-refractivity contribution < 1.29 is 4.42 Å². The molecule has 1 fully saturated rings. The Labute approximate surface area is 125 Å². The average molecular weight is 295 g/mol. The summed E-state index contributed by atoms with van der Waals surface area (Å²) in [6.07, 6.45) is 2.66. The second kappa shape index (κ2) is 7.62. The number of nitrogens with one attached hydrogen (secondary N) is 2. The molecular formula is C15H25N3OS. The predicted octanol–water partition coefficient (Wildman–Crippen LogP) is 2.85. The molecule has 2 rings (SSSR count). The van der Waals surface area contributed by atoms with E-state index in [-0.39, 0.29) is 0 Å². The Bertz CT molecular complexity index is 450. The van der Waals surface area contributed by atoms with E-state index in [1.165, 1.54) is 18.6 Å². The molecule has 0 amide bonds. The zero-order valence-corrected chi connectivity index (χ0v) is 13.5. The Morgan fingerprint density at radius 1 is 1.45 bits per heavy atom. The molecule has 112 valence electrons. The number of aliphatic imine (C=N–C) groups is 1. The van der Waals surface area contributed by atoms with Crippen LogP contribution in [0.4, 0.5) is 0 Å². The second-order valence-corrected chi connectivity index (χ2v) is 6.56. The zero-order chi connectivity index (χ0) is 14.4. The average Bonchev–Trinajstić information content (AvgIpc) is 3.03. The minimum absolute atomic E-state index is 0.663. The summed E-state index contributed by atoms with van der Waals surface area (Å²) in [6.45, 7) is 8.60. The summed E-state index contributed by atoms with van der Waals surface area (Å²) in [5, 5.41) is 7.48. The monoisotopic (exact) mass is 295 g/mol. The fourth-order valence-electron chi connectivity index (χ4n) is 2.36. The molecule has 4 nitrogen and oxygen atoms in total. The highest BCUT2D eigenvalue weighted by molar-refractivity contribution is 8.00. The third kappa shape index (κ3) is 4.47. The molecule has 0 saturated carbocycles. The quantitative estimate of drug-likeness (QED) is 0.648. The fraction of sp³-hybridized carbons (Fsp3) is 0.667. The minimum Gasteiger partial charge on any atom is -0.466 e. The molecule has 0 aromatic carbocycles. The summed E-state index contributed by atoms with van der Waals surface area (Å²) < 4.78 is 5.53. The standard InChI is InChI=1S/C15H25N3OS/c1-4-16-15(18-10-14-6-5-7-20-14)17-9-13-8-11(2)19-12(13)3/h8,14H,4-7,9-10H2,1-3H3,(H2,16,17,18). The number of aryl methyl sites for hydroxylation is 2. The van der Waals surface area contributed by atoms with Crippen molar-refractivity contribution in [3.8, 4) is 0 Å². The van der Waals surface area contributed by atoms with E-state index in [2.05, 4.69) is 40.4 Å². The maximum atomic E-state index is 5.53. The van der Waals surface area contributed by atoms with E-state index in [0.717, 1.165) is 41.4 Å². The van der Waals surface area contributed by atoms with Crippen molar-refractivity contribution in [1.82, 2.24) is 10.6 Å². The number of furan rings is 1. The van der Waals surface area contributed by atoms with E-state index in [1.807, 2.05) is 13.8 Å². The van der Waals surface area contributed by atoms with Crippen LogP contribution in [0.1, 0.15) is 36.8 Å². The number of guanidine groups is 1. The second-order valence-electron chi connectivity index (χ2n) is 5.15. The lowest BCUT2D eigenvalue weighted by molar-refractivity contribution is 0.501. The number of rotatable bonds is 5. The third-order valence-electron chi connectivity index (χ3n) is 3.42. The molecule has 1 aromatic rings. The molecule has 0 radical (unpaired) electrons. The van der Waals surface area contributed by atoms with Gasteiger partial charge in [0, 0.05) is 23.9 Å². The highest BCUT2D eigenvalue weighted by Crippen LogP contribution is 2.25. The van der Waals surface area contributed by atoms with Gasteiger partial charge in [0.2, 0.25) is 0 Å². The van der Waals surface area contributed by atoms with Crippen LogP contribution in [0.15, 0.2) is 15.5 Å². The molecule has 2 N–H and O–H groups in total. The van der Waals surface area contributed by atoms with Crippen molar-refractivity contribution in [2.75, 3.05) is 18.8 Å². The molecule has 1 aromatic heterocycles. The van der Waals surface area contributed by atoms with Crippen LogP contribution >= 0.6 is 11.8 Å². The minimum atomic E-state index is 0.663. The van der Waals surface area contributed by atoms with Gasteiger partial charge in [0.1, 0.15) is 11.5 Å². The molecule has 1 aliphatic heterocycles. The van der Waals surface area contributed by atoms with Gasteiger partial charge in [-0.25, -0.2) is 4.99 Å². The number of nitrogens with zero attached hydrogens (tertiary/aromatic N) is 1. The highest BCUT2D eigenvalue weighted by Gasteiger charge is 2.15. The Morgan fingerprint density at radius 3 is 2.90 bits per heavy atom. The molecule has 0 bridgehead atoms. The van der Waals surface area contributed by atoms with Crippen LogP contribution in [0.3, 0.4) is 0 Å². The smallest absolute Gasteiger partial charge is 0.191 e. The summed E-state index contributed by atoms with van der Waals surface area (Å²) >= 11 is 2.06. The Kier molecular flexibility index (Phi) is 5.83. The molecule has 5 heteroatoms. The van der Waals surface area contributed by atoms with E-state index in [9.17, 15) is 0 Å². The summed E-state index contributed by atoms with van der Waals surface area (Å²) in [5.41, 5.74) is 1.16. The van der Waals surface area contributed by atoms with Crippen LogP contribution in [-0.4, -0.2) is 30.1 Å². The van der Waals surface area contributed by atoms with Gasteiger partial charge in [0.15, 0.2) is 5.96 Å². The molecule has 20 heavy (non-hydrogen) atoms. The maximum absolute atomic E-state index is 5.53. The van der Waals surface area contributed by atoms with Crippen molar-refractivity contribution in [2.24, 2.45) is 4.99 Å². The van der Waals surface area contributed by atoms with Gasteiger partial charge in [0.25, 0.3) is 0 Å². The molecule has 1 saturated heterocycles. The molecular weight excluding hydrogens is 270 g/mol. The van der Waals surface area contributed by atoms with E-state index in [4.69, 9.17) is 4.42 Å². The van der Waals surface area contributed by atoms with Crippen molar-refractivity contribution in [3.63, 3.8) is 0 Å². The van der Waals surface area contributed by atoms with Crippen LogP contribution in [0, 0.1) is 13.8 Å². The number of hydrogen-bond acceptors (Lipinski definition) is 3. The first-order valence-electron chi connectivity index (χ1n) is 7.38. The largest absolute Gasteiger partial charge is 0.466 e. The Hall–Kier alpha value is -1.10. The zero-order valence-electron chi connectivity index (χ0n) is 12.7. The van der Waals surface area contributed by atoms with E-state index >= 15 is 0 Å². The van der Waals surface area contributed by atoms with Gasteiger partial charge in [-0.3, -0.25) is 0 Å². The van der Waals surface area contributed by atoms with Gasteiger partial charge in [-0.15, -0.1) is 0 Å². The first kappa shape index (κ1) is 15.3. The van der Waals surface area contributed by atoms with Crippen molar-refractivity contribution in [1.29, 1.82) is 0 Å². The highest BCUT2D eigenvalue weighted by atomic mass is 32.2. The van der Waals surface area contributed by atoms with Crippen LogP contribution in [-0.2, 0) is 6.54 Å². The topological polar surface area (TPSA) is 49.6 Å². The SMILES string of the molecule is CCNC(=NCc1cc(C)oc1C)NCC1CCCS1. The van der Waals surface area contributed by atoms with Gasteiger partial charge >= 0.3 is 0 Å². The summed E-state index contributed by atoms with van der Waals surface area (Å²) in [5.74, 6) is 4.12. The molecule has 1 unspecified atom stereocenters. The molecule has 2 heterocycles. The maximum Gasteiger partial charge on any atom is 0.191 e. The van der Waals surface area contributed by atoms with Crippen LogP contribution in [0.25, 0.3) is 0 Å². The Balaban J connectivity index is 1.89. The lowest BCUT2D eigenvalue weighted by Crippen LogP contribution is -2.40. The van der Waals surface area contributed by atoms with E-state index < -0.39 is 0 Å². The van der Waals surface area contributed by atoms with Crippen LogP contribution in [0.2, 0.25) is 0 Å². The summed E-state index contributed by atoms with van der Waals surface area (Å²) in [7, 11) is 0. The molecule has 1 atom stereocenters. The van der Waals surface area contributed by atoms with Gasteiger partial charge in [-0.1, -0.05) is 0 Å². The van der Waals surface area contributed by atoms with E-state index in [1.54, 1.807) is 0 Å². The summed E-state index contributed by atoms with van der Waals surface area (Å²) in [6, 6.07) is 2.06. The van der Waals surface area contributed by atoms with Crippen LogP contribution in [0.5, 0.6) is 0 Å². The normalized spacial score (nSPS) is 19.4. The van der Waals surface area contributed by atoms with Crippen LogP contribution < -0.4 is 10.6 Å². The molecule has 1 aliphatic rings. The lowest BCUT2D eigenvalue weighted by atomic mass is 10.2. The van der Waals surface area contributed by atoms with Gasteiger partial charge in [-0.05, 0) is 45.4 Å². The third-order valence-corrected chi connectivity index (χ3v) is 4.81. The number of thioether (sulfide) groups is 1. The fourth-order valence-corrected chi connectivity index (χ4v) is 3.56.